The number of rotatable bonds is 3. The van der Waals surface area contributed by atoms with Crippen LogP contribution < -0.4 is 4.74 Å². The van der Waals surface area contributed by atoms with Gasteiger partial charge in [0.25, 0.3) is 0 Å². The van der Waals surface area contributed by atoms with E-state index in [1.165, 1.54) is 12.1 Å². The van der Waals surface area contributed by atoms with Crippen LogP contribution >= 0.6 is 0 Å². The van der Waals surface area contributed by atoms with Crippen molar-refractivity contribution in [2.75, 3.05) is 7.11 Å². The van der Waals surface area contributed by atoms with Crippen LogP contribution in [0.1, 0.15) is 5.56 Å². The third-order valence-corrected chi connectivity index (χ3v) is 3.97. The van der Waals surface area contributed by atoms with Gasteiger partial charge in [-0.3, -0.25) is 0 Å². The van der Waals surface area contributed by atoms with Gasteiger partial charge in [-0.25, -0.2) is 17.6 Å². The van der Waals surface area contributed by atoms with Crippen molar-refractivity contribution < 1.29 is 22.3 Å². The maximum Gasteiger partial charge on any atom is 0.180 e. The molecule has 0 aliphatic heterocycles. The molecular weight excluding hydrogens is 346 g/mol. The zero-order valence-corrected chi connectivity index (χ0v) is 13.5. The molecule has 3 aromatic rings. The first-order chi connectivity index (χ1) is 12.5. The molecule has 0 aliphatic carbocycles. The number of benzene rings is 3. The third kappa shape index (κ3) is 2.88. The van der Waals surface area contributed by atoms with Gasteiger partial charge in [0.2, 0.25) is 0 Å². The van der Waals surface area contributed by atoms with Gasteiger partial charge in [-0.05, 0) is 28.8 Å². The molecule has 0 heterocycles. The van der Waals surface area contributed by atoms with Gasteiger partial charge in [0.05, 0.1) is 12.7 Å². The minimum absolute atomic E-state index is 0.0421. The lowest BCUT2D eigenvalue weighted by Crippen LogP contribution is -2.03. The quantitative estimate of drug-likeness (QED) is 0.461. The Labute approximate surface area is 146 Å². The van der Waals surface area contributed by atoms with E-state index in [0.717, 1.165) is 17.2 Å². The summed E-state index contributed by atoms with van der Waals surface area (Å²) >= 11 is 0. The second-order valence-electron chi connectivity index (χ2n) is 5.42. The zero-order valence-electron chi connectivity index (χ0n) is 13.5. The molecule has 0 N–H and O–H groups in total. The number of hydrogen-bond acceptors (Lipinski definition) is 2. The molecule has 0 saturated carbocycles. The molecule has 0 bridgehead atoms. The molecule has 3 rings (SSSR count). The predicted molar refractivity (Wildman–Crippen MR) is 88.4 cm³/mol. The average Bonchev–Trinajstić information content (AvgIpc) is 2.68. The van der Waals surface area contributed by atoms with Crippen molar-refractivity contribution in [3.63, 3.8) is 0 Å². The minimum Gasteiger partial charge on any atom is -0.497 e. The number of halogens is 4. The molecule has 130 valence electrons. The first-order valence-electron chi connectivity index (χ1n) is 7.48. The molecule has 0 saturated heterocycles. The summed E-state index contributed by atoms with van der Waals surface area (Å²) in [5.74, 6) is -5.94. The van der Waals surface area contributed by atoms with E-state index in [1.54, 1.807) is 43.5 Å². The van der Waals surface area contributed by atoms with Crippen LogP contribution in [0.4, 0.5) is 17.6 Å². The van der Waals surface area contributed by atoms with Crippen LogP contribution in [0, 0.1) is 34.6 Å². The number of nitriles is 1. The van der Waals surface area contributed by atoms with Crippen LogP contribution in [0.3, 0.4) is 0 Å². The Morgan fingerprint density at radius 1 is 0.692 bits per heavy atom. The molecule has 0 unspecified atom stereocenters. The van der Waals surface area contributed by atoms with Crippen molar-refractivity contribution in [2.45, 2.75) is 0 Å². The highest BCUT2D eigenvalue weighted by Crippen LogP contribution is 2.33. The highest BCUT2D eigenvalue weighted by molar-refractivity contribution is 5.72. The Balaban J connectivity index is 2.05. The number of hydrogen-bond donors (Lipinski definition) is 0. The summed E-state index contributed by atoms with van der Waals surface area (Å²) in [5, 5.41) is 8.64. The van der Waals surface area contributed by atoms with Crippen LogP contribution in [0.25, 0.3) is 22.3 Å². The predicted octanol–water partition coefficient (Wildman–Crippen LogP) is 5.46. The van der Waals surface area contributed by atoms with Crippen LogP contribution in [-0.2, 0) is 0 Å². The van der Waals surface area contributed by atoms with Gasteiger partial charge in [0.1, 0.15) is 17.4 Å². The fourth-order valence-electron chi connectivity index (χ4n) is 2.60. The minimum atomic E-state index is -1.71. The first-order valence-corrected chi connectivity index (χ1v) is 7.48. The van der Waals surface area contributed by atoms with E-state index >= 15 is 0 Å². The maximum absolute atomic E-state index is 14.1. The highest BCUT2D eigenvalue weighted by atomic mass is 19.2. The van der Waals surface area contributed by atoms with Crippen molar-refractivity contribution in [2.24, 2.45) is 0 Å². The van der Waals surface area contributed by atoms with Gasteiger partial charge in [0, 0.05) is 0 Å². The molecule has 0 aliphatic rings. The van der Waals surface area contributed by atoms with Gasteiger partial charge < -0.3 is 4.74 Å². The Morgan fingerprint density at radius 2 is 1.12 bits per heavy atom. The highest BCUT2D eigenvalue weighted by Gasteiger charge is 2.26. The van der Waals surface area contributed by atoms with E-state index in [9.17, 15) is 17.6 Å². The summed E-state index contributed by atoms with van der Waals surface area (Å²) in [6, 6.07) is 14.1. The molecule has 0 radical (unpaired) electrons. The van der Waals surface area contributed by atoms with Crippen LogP contribution in [-0.4, -0.2) is 7.11 Å². The van der Waals surface area contributed by atoms with Gasteiger partial charge in [-0.1, -0.05) is 36.4 Å². The fraction of sp³-hybridized carbons (Fsp3) is 0.0500. The lowest BCUT2D eigenvalue weighted by atomic mass is 9.98. The van der Waals surface area contributed by atoms with Crippen molar-refractivity contribution in [1.29, 1.82) is 5.26 Å². The van der Waals surface area contributed by atoms with Crippen LogP contribution in [0.5, 0.6) is 5.75 Å². The second kappa shape index (κ2) is 6.89. The van der Waals surface area contributed by atoms with Crippen molar-refractivity contribution >= 4 is 0 Å². The maximum atomic E-state index is 14.1. The molecule has 6 heteroatoms. The first kappa shape index (κ1) is 17.5. The third-order valence-electron chi connectivity index (χ3n) is 3.97. The number of methoxy groups -OCH3 is 1. The fourth-order valence-corrected chi connectivity index (χ4v) is 2.60. The largest absolute Gasteiger partial charge is 0.497 e. The molecule has 3 aromatic carbocycles. The Morgan fingerprint density at radius 3 is 1.54 bits per heavy atom. The second-order valence-corrected chi connectivity index (χ2v) is 5.42. The summed E-state index contributed by atoms with van der Waals surface area (Å²) in [4.78, 5) is 0. The number of ether oxygens (including phenoxy) is 1. The number of nitrogens with zero attached hydrogens (tertiary/aromatic N) is 1. The molecular formula is C20H11F4NO. The average molecular weight is 357 g/mol. The Bertz CT molecular complexity index is 977. The Kier molecular flexibility index (Phi) is 4.63. The molecule has 0 aromatic heterocycles. The smallest absolute Gasteiger partial charge is 0.180 e. The van der Waals surface area contributed by atoms with E-state index in [0.29, 0.717) is 5.75 Å². The van der Waals surface area contributed by atoms with E-state index in [4.69, 9.17) is 10.00 Å². The lowest BCUT2D eigenvalue weighted by molar-refractivity contribution is 0.415. The van der Waals surface area contributed by atoms with E-state index in [1.807, 2.05) is 0 Å². The summed E-state index contributed by atoms with van der Waals surface area (Å²) < 4.78 is 60.9. The summed E-state index contributed by atoms with van der Waals surface area (Å²) in [5.41, 5.74) is -0.597. The Hall–Kier alpha value is -3.33. The standard InChI is InChI=1S/C20H11F4NO/c1-26-14-8-6-12(7-9-14)11-2-4-13(5-3-11)16-19(23)17(21)15(10-25)18(22)20(16)24/h2-9H,1H3. The monoisotopic (exact) mass is 357 g/mol. The van der Waals surface area contributed by atoms with E-state index < -0.39 is 34.4 Å². The molecule has 0 fully saturated rings. The van der Waals surface area contributed by atoms with Crippen LogP contribution in [0.2, 0.25) is 0 Å². The molecule has 26 heavy (non-hydrogen) atoms. The normalized spacial score (nSPS) is 10.5. The van der Waals surface area contributed by atoms with Crippen LogP contribution in [0.15, 0.2) is 48.5 Å². The molecule has 0 spiro atoms. The topological polar surface area (TPSA) is 33.0 Å². The molecule has 0 atom stereocenters. The summed E-state index contributed by atoms with van der Waals surface area (Å²) in [6.07, 6.45) is 0. The van der Waals surface area contributed by atoms with E-state index in [2.05, 4.69) is 0 Å². The van der Waals surface area contributed by atoms with Crippen molar-refractivity contribution in [3.8, 4) is 34.1 Å². The summed E-state index contributed by atoms with van der Waals surface area (Å²) in [6.45, 7) is 0. The lowest BCUT2D eigenvalue weighted by Gasteiger charge is -2.10. The van der Waals surface area contributed by atoms with Crippen molar-refractivity contribution in [1.82, 2.24) is 0 Å². The summed E-state index contributed by atoms with van der Waals surface area (Å²) in [7, 11) is 1.54. The SMILES string of the molecule is COc1ccc(-c2ccc(-c3c(F)c(F)c(C#N)c(F)c3F)cc2)cc1. The zero-order chi connectivity index (χ0) is 18.8. The molecule has 2 nitrogen and oxygen atoms in total. The van der Waals surface area contributed by atoms with E-state index in [-0.39, 0.29) is 5.56 Å². The molecule has 0 amide bonds. The van der Waals surface area contributed by atoms with Gasteiger partial charge >= 0.3 is 0 Å². The van der Waals surface area contributed by atoms with Crippen molar-refractivity contribution in [3.05, 3.63) is 77.4 Å². The van der Waals surface area contributed by atoms with Gasteiger partial charge in [-0.2, -0.15) is 5.26 Å². The van der Waals surface area contributed by atoms with Gasteiger partial charge in [0.15, 0.2) is 23.3 Å². The van der Waals surface area contributed by atoms with Gasteiger partial charge in [-0.15, -0.1) is 0 Å².